The van der Waals surface area contributed by atoms with E-state index >= 15 is 0 Å². The van der Waals surface area contributed by atoms with E-state index in [2.05, 4.69) is 15.4 Å². The Balaban J connectivity index is 1.53. The van der Waals surface area contributed by atoms with E-state index in [1.807, 2.05) is 0 Å². The molecule has 142 valence electrons. The van der Waals surface area contributed by atoms with E-state index in [9.17, 15) is 23.2 Å². The lowest BCUT2D eigenvalue weighted by Gasteiger charge is -2.43. The summed E-state index contributed by atoms with van der Waals surface area (Å²) in [6.45, 7) is 0. The highest BCUT2D eigenvalue weighted by molar-refractivity contribution is 5.95. The summed E-state index contributed by atoms with van der Waals surface area (Å²) in [7, 11) is 0. The summed E-state index contributed by atoms with van der Waals surface area (Å²) >= 11 is 0. The first kappa shape index (κ1) is 16.5. The third kappa shape index (κ3) is 2.35. The number of nitrogens with one attached hydrogen (secondary N) is 1. The molecule has 0 spiro atoms. The van der Waals surface area contributed by atoms with Gasteiger partial charge in [-0.05, 0) is 38.0 Å². The molecule has 7 nitrogen and oxygen atoms in total. The lowest BCUT2D eigenvalue weighted by atomic mass is 9.76. The molecule has 0 bridgehead atoms. The van der Waals surface area contributed by atoms with Gasteiger partial charge in [-0.1, -0.05) is 0 Å². The van der Waals surface area contributed by atoms with Crippen molar-refractivity contribution in [3.63, 3.8) is 0 Å². The number of alkyl halides is 3. The number of fused-ring (bicyclic) bond motifs is 3. The quantitative estimate of drug-likeness (QED) is 0.651. The topological polar surface area (TPSA) is 86.8 Å². The van der Waals surface area contributed by atoms with Crippen molar-refractivity contribution in [3.8, 4) is 5.82 Å². The van der Waals surface area contributed by atoms with Gasteiger partial charge in [-0.25, -0.2) is 9.67 Å². The van der Waals surface area contributed by atoms with Crippen LogP contribution in [-0.4, -0.2) is 32.4 Å². The SMILES string of the molecule is O=C(NC1(C(F)(F)F)CCC1)c1nn(-c2c[n+]([O-])ccn2)c2c1C[C@@H]1C[C@H]21. The molecule has 2 atom stereocenters. The summed E-state index contributed by atoms with van der Waals surface area (Å²) in [5, 5.41) is 18.0. The number of hydrogen-bond donors (Lipinski definition) is 1. The summed E-state index contributed by atoms with van der Waals surface area (Å²) < 4.78 is 42.2. The second kappa shape index (κ2) is 5.20. The number of halogens is 3. The van der Waals surface area contributed by atoms with Crippen molar-refractivity contribution in [1.29, 1.82) is 0 Å². The Labute approximate surface area is 151 Å². The summed E-state index contributed by atoms with van der Waals surface area (Å²) in [6, 6.07) is 0. The molecule has 0 aromatic carbocycles. The van der Waals surface area contributed by atoms with Gasteiger partial charge < -0.3 is 10.5 Å². The van der Waals surface area contributed by atoms with E-state index < -0.39 is 17.6 Å². The fourth-order valence-electron chi connectivity index (χ4n) is 4.23. The Bertz CT molecular complexity index is 951. The standard InChI is InChI=1S/C17H16F3N5O2/c18-17(19,20)16(2-1-3-16)22-15(26)13-11-7-9-6-10(9)14(11)25(23-13)12-8-24(27)5-4-21-12/h4-5,8-10H,1-3,6-7H2,(H,22,26)/t9-,10-/m0/s1. The zero-order chi connectivity index (χ0) is 19.0. The minimum atomic E-state index is -4.50. The number of amides is 1. The Hall–Kier alpha value is -2.65. The predicted molar refractivity (Wildman–Crippen MR) is 85.0 cm³/mol. The van der Waals surface area contributed by atoms with Crippen LogP contribution in [0.5, 0.6) is 0 Å². The zero-order valence-electron chi connectivity index (χ0n) is 14.2. The van der Waals surface area contributed by atoms with Gasteiger partial charge in [0.05, 0.1) is 11.9 Å². The van der Waals surface area contributed by atoms with Gasteiger partial charge in [0.2, 0.25) is 12.0 Å². The fraction of sp³-hybridized carbons (Fsp3) is 0.529. The number of rotatable bonds is 3. The maximum Gasteiger partial charge on any atom is 0.411 e. The van der Waals surface area contributed by atoms with E-state index in [1.165, 1.54) is 23.3 Å². The molecule has 2 heterocycles. The van der Waals surface area contributed by atoms with Crippen LogP contribution in [0, 0.1) is 11.1 Å². The van der Waals surface area contributed by atoms with Gasteiger partial charge in [0.25, 0.3) is 5.91 Å². The minimum absolute atomic E-state index is 0.0100. The second-order valence-electron chi connectivity index (χ2n) is 7.59. The summed E-state index contributed by atoms with van der Waals surface area (Å²) in [5.41, 5.74) is -0.687. The average Bonchev–Trinajstić information content (AvgIpc) is 3.06. The zero-order valence-corrected chi connectivity index (χ0v) is 14.2. The Morgan fingerprint density at radius 1 is 1.41 bits per heavy atom. The molecule has 3 aliphatic carbocycles. The lowest BCUT2D eigenvalue weighted by molar-refractivity contribution is -0.605. The van der Waals surface area contributed by atoms with Crippen LogP contribution in [0.15, 0.2) is 18.6 Å². The summed E-state index contributed by atoms with van der Waals surface area (Å²) in [6.07, 6.45) is 1.04. The normalized spacial score (nSPS) is 24.7. The highest BCUT2D eigenvalue weighted by Gasteiger charge is 2.60. The van der Waals surface area contributed by atoms with Crippen LogP contribution in [-0.2, 0) is 6.42 Å². The van der Waals surface area contributed by atoms with E-state index in [-0.39, 0.29) is 30.3 Å². The lowest BCUT2D eigenvalue weighted by Crippen LogP contribution is -2.63. The molecular formula is C17H16F3N5O2. The first-order valence-electron chi connectivity index (χ1n) is 8.85. The van der Waals surface area contributed by atoms with Crippen LogP contribution in [0.4, 0.5) is 13.2 Å². The third-order valence-corrected chi connectivity index (χ3v) is 5.96. The van der Waals surface area contributed by atoms with E-state index in [4.69, 9.17) is 0 Å². The Kier molecular flexibility index (Phi) is 3.18. The molecule has 10 heteroatoms. The molecule has 2 saturated carbocycles. The van der Waals surface area contributed by atoms with Crippen LogP contribution in [0.25, 0.3) is 5.82 Å². The first-order chi connectivity index (χ1) is 12.8. The predicted octanol–water partition coefficient (Wildman–Crippen LogP) is 1.78. The molecule has 0 unspecified atom stereocenters. The average molecular weight is 379 g/mol. The van der Waals surface area contributed by atoms with Gasteiger partial charge in [0.15, 0.2) is 11.9 Å². The van der Waals surface area contributed by atoms with Gasteiger partial charge in [-0.15, -0.1) is 0 Å². The number of nitrogens with zero attached hydrogens (tertiary/aromatic N) is 4. The molecular weight excluding hydrogens is 363 g/mol. The maximum atomic E-state index is 13.4. The first-order valence-corrected chi connectivity index (χ1v) is 8.85. The molecule has 27 heavy (non-hydrogen) atoms. The van der Waals surface area contributed by atoms with Crippen LogP contribution in [0.1, 0.15) is 53.3 Å². The Morgan fingerprint density at radius 2 is 2.19 bits per heavy atom. The number of carbonyl (C=O) groups excluding carboxylic acids is 1. The molecule has 0 saturated heterocycles. The highest BCUT2D eigenvalue weighted by atomic mass is 19.4. The molecule has 2 aromatic rings. The molecule has 1 N–H and O–H groups in total. The van der Waals surface area contributed by atoms with Crippen molar-refractivity contribution < 1.29 is 22.7 Å². The molecule has 2 fully saturated rings. The smallest absolute Gasteiger partial charge is 0.411 e. The van der Waals surface area contributed by atoms with Crippen LogP contribution < -0.4 is 10.0 Å². The highest BCUT2D eigenvalue weighted by Crippen LogP contribution is 2.57. The maximum absolute atomic E-state index is 13.4. The van der Waals surface area contributed by atoms with E-state index in [0.717, 1.165) is 12.1 Å². The molecule has 3 aliphatic rings. The van der Waals surface area contributed by atoms with E-state index in [1.54, 1.807) is 0 Å². The summed E-state index contributed by atoms with van der Waals surface area (Å²) in [4.78, 5) is 16.8. The van der Waals surface area contributed by atoms with Crippen LogP contribution >= 0.6 is 0 Å². The van der Waals surface area contributed by atoms with Gasteiger partial charge in [0.1, 0.15) is 5.54 Å². The molecule has 1 amide bonds. The van der Waals surface area contributed by atoms with Crippen molar-refractivity contribution in [2.24, 2.45) is 5.92 Å². The van der Waals surface area contributed by atoms with Crippen LogP contribution in [0.2, 0.25) is 0 Å². The number of hydrogen-bond acceptors (Lipinski definition) is 4. The van der Waals surface area contributed by atoms with Gasteiger partial charge >= 0.3 is 6.18 Å². The monoisotopic (exact) mass is 379 g/mol. The largest absolute Gasteiger partial charge is 0.619 e. The van der Waals surface area contributed by atoms with Crippen molar-refractivity contribution in [3.05, 3.63) is 40.7 Å². The van der Waals surface area contributed by atoms with Crippen molar-refractivity contribution in [2.75, 3.05) is 0 Å². The van der Waals surface area contributed by atoms with Crippen molar-refractivity contribution in [2.45, 2.75) is 49.7 Å². The molecule has 5 rings (SSSR count). The van der Waals surface area contributed by atoms with Gasteiger partial charge in [0, 0.05) is 11.5 Å². The van der Waals surface area contributed by atoms with Gasteiger partial charge in [-0.2, -0.15) is 23.0 Å². The Morgan fingerprint density at radius 3 is 2.81 bits per heavy atom. The van der Waals surface area contributed by atoms with Crippen molar-refractivity contribution in [1.82, 2.24) is 20.1 Å². The number of aromatic nitrogens is 4. The minimum Gasteiger partial charge on any atom is -0.619 e. The van der Waals surface area contributed by atoms with Crippen molar-refractivity contribution >= 4 is 5.91 Å². The van der Waals surface area contributed by atoms with E-state index in [0.29, 0.717) is 29.1 Å². The molecule has 2 aromatic heterocycles. The van der Waals surface area contributed by atoms with Gasteiger partial charge in [-0.3, -0.25) is 4.79 Å². The third-order valence-electron chi connectivity index (χ3n) is 5.96. The number of carbonyl (C=O) groups is 1. The summed E-state index contributed by atoms with van der Waals surface area (Å²) in [5.74, 6) is 0.0504. The molecule has 0 radical (unpaired) electrons. The molecule has 0 aliphatic heterocycles. The fourth-order valence-corrected chi connectivity index (χ4v) is 4.23. The second-order valence-corrected chi connectivity index (χ2v) is 7.59. The van der Waals surface area contributed by atoms with Crippen LogP contribution in [0.3, 0.4) is 0 Å².